The Morgan fingerprint density at radius 2 is 2.29 bits per heavy atom. The number of pyridine rings is 1. The van der Waals surface area contributed by atoms with Crippen molar-refractivity contribution >= 4 is 17.5 Å². The van der Waals surface area contributed by atoms with E-state index < -0.39 is 0 Å². The number of nitriles is 1. The topological polar surface area (TPSA) is 65.8 Å². The van der Waals surface area contributed by atoms with Crippen LogP contribution in [0.2, 0.25) is 0 Å². The summed E-state index contributed by atoms with van der Waals surface area (Å²) in [6, 6.07) is 4.96. The summed E-state index contributed by atoms with van der Waals surface area (Å²) >= 11 is 5.76. The minimum Gasteiger partial charge on any atom is -0.347 e. The minimum atomic E-state index is -0.270. The highest BCUT2D eigenvalue weighted by molar-refractivity contribution is 6.18. The fourth-order valence-electron chi connectivity index (χ4n) is 1.22. The van der Waals surface area contributed by atoms with Crippen molar-refractivity contribution in [1.82, 2.24) is 10.3 Å². The smallest absolute Gasteiger partial charge is 0.270 e. The predicted molar refractivity (Wildman–Crippen MR) is 65.8 cm³/mol. The first-order valence-corrected chi connectivity index (χ1v) is 5.85. The van der Waals surface area contributed by atoms with Gasteiger partial charge in [-0.15, -0.1) is 11.6 Å². The van der Waals surface area contributed by atoms with Gasteiger partial charge in [0.2, 0.25) is 0 Å². The molecule has 90 valence electrons. The molecule has 0 radical (unpaired) electrons. The Morgan fingerprint density at radius 3 is 2.71 bits per heavy atom. The van der Waals surface area contributed by atoms with Crippen molar-refractivity contribution in [3.05, 3.63) is 29.6 Å². The second kappa shape index (κ2) is 6.21. The highest BCUT2D eigenvalue weighted by Crippen LogP contribution is 2.05. The molecule has 1 atom stereocenters. The van der Waals surface area contributed by atoms with E-state index in [1.54, 1.807) is 6.07 Å². The minimum absolute atomic E-state index is 0.0818. The van der Waals surface area contributed by atoms with E-state index in [-0.39, 0.29) is 17.9 Å². The Bertz CT molecular complexity index is 422. The number of hydrogen-bond donors (Lipinski definition) is 1. The number of alkyl halides is 1. The molecule has 0 spiro atoms. The van der Waals surface area contributed by atoms with Crippen molar-refractivity contribution in [1.29, 1.82) is 5.26 Å². The molecule has 1 rings (SSSR count). The lowest BCUT2D eigenvalue weighted by Gasteiger charge is -2.19. The van der Waals surface area contributed by atoms with E-state index in [1.165, 1.54) is 12.3 Å². The van der Waals surface area contributed by atoms with Gasteiger partial charge in [0.1, 0.15) is 11.8 Å². The highest BCUT2D eigenvalue weighted by Gasteiger charge is 2.16. The molecule has 1 heterocycles. The van der Waals surface area contributed by atoms with E-state index in [1.807, 2.05) is 19.9 Å². The van der Waals surface area contributed by atoms with E-state index in [9.17, 15) is 4.79 Å². The van der Waals surface area contributed by atoms with Crippen molar-refractivity contribution in [3.8, 4) is 6.07 Å². The predicted octanol–water partition coefficient (Wildman–Crippen LogP) is 1.95. The lowest BCUT2D eigenvalue weighted by atomic mass is 10.1. The molecule has 1 aromatic heterocycles. The Kier molecular flexibility index (Phi) is 4.92. The molecule has 0 aliphatic carbocycles. The normalized spacial score (nSPS) is 11.9. The zero-order valence-corrected chi connectivity index (χ0v) is 10.5. The fourth-order valence-corrected chi connectivity index (χ4v) is 1.65. The molecule has 1 aromatic rings. The maximum Gasteiger partial charge on any atom is 0.270 e. The van der Waals surface area contributed by atoms with Crippen molar-refractivity contribution in [2.24, 2.45) is 5.92 Å². The molecule has 1 unspecified atom stereocenters. The lowest BCUT2D eigenvalue weighted by Crippen LogP contribution is -2.40. The van der Waals surface area contributed by atoms with Crippen LogP contribution < -0.4 is 5.32 Å². The number of carbonyl (C=O) groups excluding carboxylic acids is 1. The molecule has 0 bridgehead atoms. The fraction of sp³-hybridized carbons (Fsp3) is 0.417. The Morgan fingerprint density at radius 1 is 1.59 bits per heavy atom. The van der Waals surface area contributed by atoms with E-state index in [0.717, 1.165) is 0 Å². The number of rotatable bonds is 4. The molecular weight excluding hydrogens is 238 g/mol. The largest absolute Gasteiger partial charge is 0.347 e. The summed E-state index contributed by atoms with van der Waals surface area (Å²) in [5, 5.41) is 11.4. The average Bonchev–Trinajstić information content (AvgIpc) is 2.35. The Labute approximate surface area is 106 Å². The van der Waals surface area contributed by atoms with E-state index in [4.69, 9.17) is 16.9 Å². The maximum atomic E-state index is 11.8. The van der Waals surface area contributed by atoms with Gasteiger partial charge in [0.15, 0.2) is 0 Å². The Balaban J connectivity index is 2.73. The van der Waals surface area contributed by atoms with Crippen molar-refractivity contribution in [2.75, 3.05) is 5.88 Å². The molecule has 0 saturated carbocycles. The van der Waals surface area contributed by atoms with Gasteiger partial charge in [0.05, 0.1) is 5.56 Å². The molecule has 1 N–H and O–H groups in total. The van der Waals surface area contributed by atoms with Gasteiger partial charge in [-0.1, -0.05) is 13.8 Å². The van der Waals surface area contributed by atoms with Gasteiger partial charge >= 0.3 is 0 Å². The second-order valence-corrected chi connectivity index (χ2v) is 4.33. The van der Waals surface area contributed by atoms with Crippen LogP contribution in [0.3, 0.4) is 0 Å². The standard InChI is InChI=1S/C12H14ClN3O/c1-8(2)11(5-13)16-12(17)10-4-3-9(6-14)7-15-10/h3-4,7-8,11H,5H2,1-2H3,(H,16,17). The summed E-state index contributed by atoms with van der Waals surface area (Å²) in [4.78, 5) is 15.7. The Hall–Kier alpha value is -1.60. The van der Waals surface area contributed by atoms with Crippen LogP contribution in [-0.4, -0.2) is 22.8 Å². The summed E-state index contributed by atoms with van der Waals surface area (Å²) in [6.07, 6.45) is 1.37. The van der Waals surface area contributed by atoms with Crippen LogP contribution in [0.15, 0.2) is 18.3 Å². The van der Waals surface area contributed by atoms with Crippen molar-refractivity contribution in [2.45, 2.75) is 19.9 Å². The molecule has 0 aliphatic rings. The number of amides is 1. The summed E-state index contributed by atoms with van der Waals surface area (Å²) in [6.45, 7) is 3.97. The van der Waals surface area contributed by atoms with Crippen molar-refractivity contribution < 1.29 is 4.79 Å². The second-order valence-electron chi connectivity index (χ2n) is 4.02. The molecule has 1 amide bonds. The summed E-state index contributed by atoms with van der Waals surface area (Å²) in [5.41, 5.74) is 0.721. The molecule has 17 heavy (non-hydrogen) atoms. The number of aromatic nitrogens is 1. The van der Waals surface area contributed by atoms with Gasteiger partial charge in [-0.3, -0.25) is 4.79 Å². The van der Waals surface area contributed by atoms with Crippen LogP contribution in [-0.2, 0) is 0 Å². The van der Waals surface area contributed by atoms with E-state index in [2.05, 4.69) is 10.3 Å². The van der Waals surface area contributed by atoms with Crippen LogP contribution in [0.25, 0.3) is 0 Å². The number of nitrogens with one attached hydrogen (secondary N) is 1. The third-order valence-corrected chi connectivity index (χ3v) is 2.75. The van der Waals surface area contributed by atoms with Crippen LogP contribution in [0.1, 0.15) is 29.9 Å². The van der Waals surface area contributed by atoms with Gasteiger partial charge in [-0.25, -0.2) is 4.98 Å². The zero-order valence-electron chi connectivity index (χ0n) is 9.77. The molecular formula is C12H14ClN3O. The first kappa shape index (κ1) is 13.5. The first-order valence-electron chi connectivity index (χ1n) is 5.31. The monoisotopic (exact) mass is 251 g/mol. The third-order valence-electron chi connectivity index (χ3n) is 2.41. The van der Waals surface area contributed by atoms with Crippen LogP contribution in [0.4, 0.5) is 0 Å². The maximum absolute atomic E-state index is 11.8. The zero-order chi connectivity index (χ0) is 12.8. The summed E-state index contributed by atoms with van der Waals surface area (Å²) in [7, 11) is 0. The molecule has 0 aliphatic heterocycles. The van der Waals surface area contributed by atoms with Crippen LogP contribution in [0.5, 0.6) is 0 Å². The van der Waals surface area contributed by atoms with Gasteiger partial charge in [0.25, 0.3) is 5.91 Å². The number of carbonyl (C=O) groups is 1. The lowest BCUT2D eigenvalue weighted by molar-refractivity contribution is 0.0926. The molecule has 0 fully saturated rings. The van der Waals surface area contributed by atoms with Crippen LogP contribution >= 0.6 is 11.6 Å². The van der Waals surface area contributed by atoms with E-state index in [0.29, 0.717) is 17.1 Å². The van der Waals surface area contributed by atoms with Gasteiger partial charge < -0.3 is 5.32 Å². The quantitative estimate of drug-likeness (QED) is 0.832. The molecule has 0 saturated heterocycles. The SMILES string of the molecule is CC(C)C(CCl)NC(=O)c1ccc(C#N)cn1. The van der Waals surface area contributed by atoms with Crippen molar-refractivity contribution in [3.63, 3.8) is 0 Å². The average molecular weight is 252 g/mol. The number of hydrogen-bond acceptors (Lipinski definition) is 3. The van der Waals surface area contributed by atoms with Gasteiger partial charge in [0, 0.05) is 18.1 Å². The number of halogens is 1. The third kappa shape index (κ3) is 3.72. The summed E-state index contributed by atoms with van der Waals surface area (Å²) in [5.74, 6) is 0.350. The summed E-state index contributed by atoms with van der Waals surface area (Å²) < 4.78 is 0. The van der Waals surface area contributed by atoms with Gasteiger partial charge in [-0.05, 0) is 18.1 Å². The van der Waals surface area contributed by atoms with E-state index >= 15 is 0 Å². The van der Waals surface area contributed by atoms with Crippen LogP contribution in [0, 0.1) is 17.2 Å². The molecule has 4 nitrogen and oxygen atoms in total. The number of nitrogens with zero attached hydrogens (tertiary/aromatic N) is 2. The first-order chi connectivity index (χ1) is 8.08. The molecule has 5 heteroatoms. The molecule has 0 aromatic carbocycles. The van der Waals surface area contributed by atoms with Gasteiger partial charge in [-0.2, -0.15) is 5.26 Å². The highest BCUT2D eigenvalue weighted by atomic mass is 35.5.